The second-order valence-electron chi connectivity index (χ2n) is 9.68. The molecule has 1 saturated carbocycles. The fraction of sp³-hybridized carbons (Fsp3) is 0.286. The first kappa shape index (κ1) is 19.9. The van der Waals surface area contributed by atoms with Gasteiger partial charge in [-0.1, -0.05) is 30.3 Å². The number of aryl methyl sites for hydroxylation is 1. The molecule has 4 aromatic rings. The largest absolute Gasteiger partial charge is 0.357 e. The minimum atomic E-state index is -0.238. The third kappa shape index (κ3) is 2.95. The standard InChI is InChI=1S/C28H25FN4O/c29-22-8-10-23(11-9-22)33-25-15-21-7-4-13-27(28(21,34-27)16-20(25)17-31-33)14-12-26-30-18-24(32-26)19-5-2-1-3-6-19/h1-3,5-6,8-11,15,17-18H,4,7,12-14,16H2,(H,30,32)/t27-,28-/m1/s1. The van der Waals surface area contributed by atoms with E-state index in [9.17, 15) is 4.39 Å². The Bertz CT molecular complexity index is 1400. The van der Waals surface area contributed by atoms with Crippen LogP contribution < -0.4 is 0 Å². The second-order valence-corrected chi connectivity index (χ2v) is 9.68. The lowest BCUT2D eigenvalue weighted by Crippen LogP contribution is -2.36. The lowest BCUT2D eigenvalue weighted by Gasteiger charge is -2.30. The summed E-state index contributed by atoms with van der Waals surface area (Å²) in [6.45, 7) is 0. The van der Waals surface area contributed by atoms with Crippen LogP contribution in [0.25, 0.3) is 23.0 Å². The van der Waals surface area contributed by atoms with Crippen LogP contribution in [0.2, 0.25) is 0 Å². The summed E-state index contributed by atoms with van der Waals surface area (Å²) < 4.78 is 22.0. The molecule has 1 spiro atoms. The number of nitrogens with zero attached hydrogens (tertiary/aromatic N) is 3. The van der Waals surface area contributed by atoms with Gasteiger partial charge in [-0.2, -0.15) is 5.10 Å². The molecule has 2 atom stereocenters. The Hall–Kier alpha value is -3.51. The zero-order valence-corrected chi connectivity index (χ0v) is 18.8. The normalized spacial score (nSPS) is 24.7. The highest BCUT2D eigenvalue weighted by Gasteiger charge is 2.72. The van der Waals surface area contributed by atoms with E-state index in [2.05, 4.69) is 33.3 Å². The van der Waals surface area contributed by atoms with Gasteiger partial charge in [-0.3, -0.25) is 0 Å². The van der Waals surface area contributed by atoms with E-state index in [4.69, 9.17) is 4.74 Å². The minimum Gasteiger partial charge on any atom is -0.357 e. The summed E-state index contributed by atoms with van der Waals surface area (Å²) in [6, 6.07) is 16.8. The molecule has 1 N–H and O–H groups in total. The second kappa shape index (κ2) is 7.24. The molecule has 2 aromatic heterocycles. The number of imidazole rings is 1. The molecule has 0 amide bonds. The number of aromatic amines is 1. The molecular weight excluding hydrogens is 427 g/mol. The van der Waals surface area contributed by atoms with Crippen molar-refractivity contribution in [1.29, 1.82) is 0 Å². The molecule has 5 nitrogen and oxygen atoms in total. The first-order valence-electron chi connectivity index (χ1n) is 12.0. The van der Waals surface area contributed by atoms with Crippen LogP contribution in [0.15, 0.2) is 72.6 Å². The van der Waals surface area contributed by atoms with Crippen LogP contribution in [-0.2, 0) is 17.6 Å². The third-order valence-corrected chi connectivity index (χ3v) is 7.80. The molecule has 1 aliphatic heterocycles. The molecule has 170 valence electrons. The summed E-state index contributed by atoms with van der Waals surface area (Å²) in [5, 5.41) is 4.63. The Morgan fingerprint density at radius 3 is 2.76 bits per heavy atom. The van der Waals surface area contributed by atoms with Gasteiger partial charge in [-0.05, 0) is 67.2 Å². The van der Waals surface area contributed by atoms with Crippen molar-refractivity contribution in [2.75, 3.05) is 0 Å². The lowest BCUT2D eigenvalue weighted by atomic mass is 9.69. The van der Waals surface area contributed by atoms with E-state index in [1.54, 1.807) is 12.1 Å². The fourth-order valence-corrected chi connectivity index (χ4v) is 6.04. The number of hydrogen-bond acceptors (Lipinski definition) is 3. The Balaban J connectivity index is 1.13. The Labute approximate surface area is 197 Å². The van der Waals surface area contributed by atoms with Gasteiger partial charge >= 0.3 is 0 Å². The van der Waals surface area contributed by atoms with E-state index in [0.717, 1.165) is 67.0 Å². The quantitative estimate of drug-likeness (QED) is 0.397. The third-order valence-electron chi connectivity index (χ3n) is 7.80. The summed E-state index contributed by atoms with van der Waals surface area (Å²) in [6.07, 6.45) is 12.1. The van der Waals surface area contributed by atoms with Crippen LogP contribution in [-0.4, -0.2) is 31.0 Å². The average molecular weight is 453 g/mol. The molecule has 2 fully saturated rings. The zero-order chi connectivity index (χ0) is 22.8. The van der Waals surface area contributed by atoms with Crippen molar-refractivity contribution < 1.29 is 9.13 Å². The Morgan fingerprint density at radius 1 is 1.06 bits per heavy atom. The van der Waals surface area contributed by atoms with E-state index in [1.165, 1.54) is 23.3 Å². The van der Waals surface area contributed by atoms with Crippen molar-refractivity contribution in [3.63, 3.8) is 0 Å². The maximum absolute atomic E-state index is 13.4. The molecular formula is C28H25FN4O. The SMILES string of the molecule is Fc1ccc(-n2ncc3c2C=C2CCC[C@]4(CCc5ncc(-c6ccccc6)[nH]5)O[C@]24C3)cc1. The average Bonchev–Trinajstić information content (AvgIpc) is 3.14. The molecule has 6 heteroatoms. The Morgan fingerprint density at radius 2 is 1.91 bits per heavy atom. The molecule has 2 aromatic carbocycles. The number of ether oxygens (including phenoxy) is 1. The van der Waals surface area contributed by atoms with Gasteiger partial charge in [0.25, 0.3) is 0 Å². The zero-order valence-electron chi connectivity index (χ0n) is 18.8. The van der Waals surface area contributed by atoms with Gasteiger partial charge in [-0.25, -0.2) is 14.1 Å². The van der Waals surface area contributed by atoms with Crippen LogP contribution in [0, 0.1) is 5.82 Å². The van der Waals surface area contributed by atoms with Gasteiger partial charge in [0.15, 0.2) is 0 Å². The molecule has 7 rings (SSSR count). The van der Waals surface area contributed by atoms with E-state index in [0.29, 0.717) is 0 Å². The number of rotatable bonds is 5. The smallest absolute Gasteiger partial charge is 0.123 e. The topological polar surface area (TPSA) is 59.0 Å². The summed E-state index contributed by atoms with van der Waals surface area (Å²) in [7, 11) is 0. The van der Waals surface area contributed by atoms with Gasteiger partial charge in [0, 0.05) is 18.4 Å². The molecule has 2 aliphatic carbocycles. The van der Waals surface area contributed by atoms with Crippen molar-refractivity contribution in [2.24, 2.45) is 0 Å². The molecule has 3 aliphatic rings. The van der Waals surface area contributed by atoms with Crippen molar-refractivity contribution in [1.82, 2.24) is 19.7 Å². The van der Waals surface area contributed by atoms with Gasteiger partial charge < -0.3 is 9.72 Å². The first-order chi connectivity index (χ1) is 16.7. The van der Waals surface area contributed by atoms with E-state index < -0.39 is 0 Å². The van der Waals surface area contributed by atoms with Crippen molar-refractivity contribution in [3.05, 3.63) is 95.5 Å². The van der Waals surface area contributed by atoms with E-state index in [1.807, 2.05) is 35.3 Å². The molecule has 0 radical (unpaired) electrons. The predicted molar refractivity (Wildman–Crippen MR) is 128 cm³/mol. The molecule has 0 bridgehead atoms. The predicted octanol–water partition coefficient (Wildman–Crippen LogP) is 5.67. The highest BCUT2D eigenvalue weighted by molar-refractivity contribution is 5.65. The Kier molecular flexibility index (Phi) is 4.24. The number of fused-ring (bicyclic) bond motifs is 1. The van der Waals surface area contributed by atoms with Gasteiger partial charge in [0.1, 0.15) is 22.8 Å². The number of halogens is 1. The highest BCUT2D eigenvalue weighted by atomic mass is 19.1. The molecule has 34 heavy (non-hydrogen) atoms. The van der Waals surface area contributed by atoms with Crippen LogP contribution in [0.1, 0.15) is 42.8 Å². The molecule has 1 saturated heterocycles. The van der Waals surface area contributed by atoms with Crippen LogP contribution in [0.5, 0.6) is 0 Å². The molecule has 0 unspecified atom stereocenters. The maximum atomic E-state index is 13.4. The summed E-state index contributed by atoms with van der Waals surface area (Å²) >= 11 is 0. The van der Waals surface area contributed by atoms with E-state index >= 15 is 0 Å². The number of H-pyrrole nitrogens is 1. The number of benzene rings is 2. The number of epoxide rings is 1. The monoisotopic (exact) mass is 452 g/mol. The van der Waals surface area contributed by atoms with Crippen molar-refractivity contribution in [3.8, 4) is 16.9 Å². The van der Waals surface area contributed by atoms with Gasteiger partial charge in [0.05, 0.1) is 29.5 Å². The van der Waals surface area contributed by atoms with Crippen LogP contribution in [0.4, 0.5) is 4.39 Å². The first-order valence-corrected chi connectivity index (χ1v) is 12.0. The van der Waals surface area contributed by atoms with Crippen molar-refractivity contribution in [2.45, 2.75) is 49.7 Å². The number of nitrogens with one attached hydrogen (secondary N) is 1. The summed E-state index contributed by atoms with van der Waals surface area (Å²) in [5.41, 5.74) is 6.42. The lowest BCUT2D eigenvalue weighted by molar-refractivity contribution is 0.260. The maximum Gasteiger partial charge on any atom is 0.123 e. The van der Waals surface area contributed by atoms with Crippen LogP contribution in [0.3, 0.4) is 0 Å². The van der Waals surface area contributed by atoms with Gasteiger partial charge in [0.2, 0.25) is 0 Å². The minimum absolute atomic E-state index is 0.119. The summed E-state index contributed by atoms with van der Waals surface area (Å²) in [5.74, 6) is 0.772. The van der Waals surface area contributed by atoms with Crippen LogP contribution >= 0.6 is 0 Å². The summed E-state index contributed by atoms with van der Waals surface area (Å²) in [4.78, 5) is 8.14. The highest BCUT2D eigenvalue weighted by Crippen LogP contribution is 2.65. The van der Waals surface area contributed by atoms with E-state index in [-0.39, 0.29) is 17.0 Å². The number of hydrogen-bond donors (Lipinski definition) is 1. The molecule has 3 heterocycles. The van der Waals surface area contributed by atoms with Gasteiger partial charge in [-0.15, -0.1) is 0 Å². The fourth-order valence-electron chi connectivity index (χ4n) is 6.04. The van der Waals surface area contributed by atoms with Crippen molar-refractivity contribution >= 4 is 6.08 Å². The number of aromatic nitrogens is 4.